The maximum absolute atomic E-state index is 13.7. The molecule has 0 aromatic rings. The first kappa shape index (κ1) is 32.9. The van der Waals surface area contributed by atoms with Crippen molar-refractivity contribution >= 4 is 37.5 Å². The monoisotopic (exact) mass is 590 g/mol. The number of ether oxygens (including phenoxy) is 5. The fourth-order valence-electron chi connectivity index (χ4n) is 3.89. The van der Waals surface area contributed by atoms with Gasteiger partial charge in [-0.25, -0.2) is 10.2 Å². The molecule has 2 heterocycles. The van der Waals surface area contributed by atoms with Gasteiger partial charge in [-0.1, -0.05) is 6.08 Å². The van der Waals surface area contributed by atoms with E-state index in [0.29, 0.717) is 0 Å². The molecule has 1 fully saturated rings. The normalized spacial score (nSPS) is 23.9. The lowest BCUT2D eigenvalue weighted by Crippen LogP contribution is -2.45. The van der Waals surface area contributed by atoms with E-state index in [-0.39, 0.29) is 12.0 Å². The lowest BCUT2D eigenvalue weighted by molar-refractivity contribution is -0.166. The minimum Gasteiger partial charge on any atom is -0.468 e. The van der Waals surface area contributed by atoms with Gasteiger partial charge < -0.3 is 38.8 Å². The van der Waals surface area contributed by atoms with Crippen molar-refractivity contribution in [1.29, 1.82) is 0 Å². The van der Waals surface area contributed by atoms with E-state index in [4.69, 9.17) is 24.5 Å². The molecule has 0 spiro atoms. The number of primary amides is 1. The molecule has 0 radical (unpaired) electrons. The number of amides is 1. The lowest BCUT2D eigenvalue weighted by Gasteiger charge is -2.30. The molecule has 0 saturated carbocycles. The van der Waals surface area contributed by atoms with Crippen molar-refractivity contribution in [3.8, 4) is 0 Å². The highest BCUT2D eigenvalue weighted by Gasteiger charge is 2.52. The van der Waals surface area contributed by atoms with E-state index in [1.807, 2.05) is 0 Å². The average Bonchev–Trinajstić information content (AvgIpc) is 3.21. The molecule has 0 bridgehead atoms. The molecule has 4 N–H and O–H groups in total. The van der Waals surface area contributed by atoms with Gasteiger partial charge in [0.05, 0.1) is 20.8 Å². The highest BCUT2D eigenvalue weighted by molar-refractivity contribution is 7.54. The average molecular weight is 591 g/mol. The smallest absolute Gasteiger partial charge is 0.342 e. The van der Waals surface area contributed by atoms with Crippen LogP contribution >= 0.6 is 7.67 Å². The number of esters is 4. The molecular formula is C23H35N4O12P. The van der Waals surface area contributed by atoms with Gasteiger partial charge in [-0.2, -0.15) is 0 Å². The number of nitrogens with two attached hydrogens (primary N) is 1. The molecule has 0 unspecified atom stereocenters. The highest BCUT2D eigenvalue weighted by Crippen LogP contribution is 2.41. The topological polar surface area (TPSA) is 211 Å². The van der Waals surface area contributed by atoms with Crippen molar-refractivity contribution in [3.05, 3.63) is 24.0 Å². The third-order valence-corrected chi connectivity index (χ3v) is 7.64. The fraction of sp³-hybridized carbons (Fsp3) is 0.609. The first-order valence-corrected chi connectivity index (χ1v) is 13.7. The van der Waals surface area contributed by atoms with Crippen LogP contribution in [-0.4, -0.2) is 92.1 Å². The third-order valence-electron chi connectivity index (χ3n) is 5.68. The second-order valence-electron chi connectivity index (χ2n) is 8.86. The molecule has 2 rings (SSSR count). The second kappa shape index (κ2) is 14.4. The zero-order chi connectivity index (χ0) is 30.2. The predicted octanol–water partition coefficient (Wildman–Crippen LogP) is -0.410. The molecule has 1 saturated heterocycles. The van der Waals surface area contributed by atoms with E-state index in [1.165, 1.54) is 24.9 Å². The minimum absolute atomic E-state index is 0.239. The van der Waals surface area contributed by atoms with Crippen molar-refractivity contribution in [1.82, 2.24) is 15.1 Å². The van der Waals surface area contributed by atoms with Gasteiger partial charge in [-0.05, 0) is 20.3 Å². The molecule has 1 amide bonds. The zero-order valence-corrected chi connectivity index (χ0v) is 23.9. The van der Waals surface area contributed by atoms with E-state index in [9.17, 15) is 28.5 Å². The maximum Gasteiger partial charge on any atom is 0.342 e. The third kappa shape index (κ3) is 8.86. The molecule has 17 heteroatoms. The summed E-state index contributed by atoms with van der Waals surface area (Å²) in [6, 6.07) is -2.28. The van der Waals surface area contributed by atoms with Crippen molar-refractivity contribution in [2.45, 2.75) is 70.7 Å². The Morgan fingerprint density at radius 3 is 2.02 bits per heavy atom. The van der Waals surface area contributed by atoms with Crippen molar-refractivity contribution < 1.29 is 56.7 Å². The van der Waals surface area contributed by atoms with E-state index in [0.717, 1.165) is 28.1 Å². The summed E-state index contributed by atoms with van der Waals surface area (Å²) in [4.78, 5) is 61.0. The lowest BCUT2D eigenvalue weighted by atomic mass is 10.1. The van der Waals surface area contributed by atoms with Crippen LogP contribution in [0.25, 0.3) is 0 Å². The summed E-state index contributed by atoms with van der Waals surface area (Å²) in [6.45, 7) is 4.45. The molecule has 0 aromatic carbocycles. The second-order valence-corrected chi connectivity index (χ2v) is 10.7. The number of carbonyl (C=O) groups is 5. The number of carbonyl (C=O) groups excluding carboxylic acids is 5. The van der Waals surface area contributed by atoms with Crippen LogP contribution in [0.4, 0.5) is 0 Å². The number of rotatable bonds is 13. The molecule has 224 valence electrons. The van der Waals surface area contributed by atoms with Crippen LogP contribution in [0.15, 0.2) is 24.0 Å². The number of nitrogens with zero attached hydrogens (tertiary/aromatic N) is 1. The molecular weight excluding hydrogens is 555 g/mol. The predicted molar refractivity (Wildman–Crippen MR) is 135 cm³/mol. The Hall–Kier alpha value is -3.30. The van der Waals surface area contributed by atoms with Gasteiger partial charge in [0.2, 0.25) is 5.91 Å². The van der Waals surface area contributed by atoms with Crippen molar-refractivity contribution in [2.24, 2.45) is 5.73 Å². The van der Waals surface area contributed by atoms with Gasteiger partial charge >= 0.3 is 31.5 Å². The van der Waals surface area contributed by atoms with Gasteiger partial charge in [0.15, 0.2) is 18.4 Å². The Bertz CT molecular complexity index is 1070. The SMILES string of the molecule is COC(=O)[C@H](C)NP(=O)(N[C@@H](C)C(=O)OC)OC[C@H]1O[C@@H](N2C=CCC(C(N)=O)=C2)[C@H](OC(C)=O)[C@@H]1OC(C)=O. The summed E-state index contributed by atoms with van der Waals surface area (Å²) in [7, 11) is -1.96. The van der Waals surface area contributed by atoms with Crippen molar-refractivity contribution in [2.75, 3.05) is 20.8 Å². The molecule has 0 aromatic heterocycles. The Kier molecular flexibility index (Phi) is 11.8. The zero-order valence-electron chi connectivity index (χ0n) is 23.0. The molecule has 0 aliphatic carbocycles. The molecule has 2 aliphatic rings. The Labute approximate surface area is 231 Å². The first-order chi connectivity index (χ1) is 18.7. The van der Waals surface area contributed by atoms with Gasteiger partial charge in [0, 0.05) is 31.8 Å². The van der Waals surface area contributed by atoms with E-state index >= 15 is 0 Å². The number of allylic oxidation sites excluding steroid dienone is 1. The minimum atomic E-state index is -4.23. The summed E-state index contributed by atoms with van der Waals surface area (Å²) >= 11 is 0. The van der Waals surface area contributed by atoms with Gasteiger partial charge in [0.25, 0.3) is 0 Å². The standard InChI is InChI=1S/C23H35N4O12P/c1-12(22(31)34-5)25-40(33,26-13(2)23(32)35-6)36-11-17-18(37-14(3)28)19(38-15(4)29)21(39-17)27-9-7-8-16(10-27)20(24)30/h7,9-10,12-13,17-19,21H,8,11H2,1-6H3,(H2,24,30)(H2,25,26,33)/t12-,13-,17+,18+,19+,21+/m0/s1. The molecule has 2 aliphatic heterocycles. The van der Waals surface area contributed by atoms with Crippen LogP contribution in [-0.2, 0) is 56.7 Å². The summed E-state index contributed by atoms with van der Waals surface area (Å²) < 4.78 is 45.5. The summed E-state index contributed by atoms with van der Waals surface area (Å²) in [5, 5.41) is 4.96. The highest BCUT2D eigenvalue weighted by atomic mass is 31.2. The molecule has 16 nitrogen and oxygen atoms in total. The quantitative estimate of drug-likeness (QED) is 0.141. The maximum atomic E-state index is 13.7. The van der Waals surface area contributed by atoms with Gasteiger partial charge in [-0.3, -0.25) is 28.5 Å². The first-order valence-electron chi connectivity index (χ1n) is 12.1. The van der Waals surface area contributed by atoms with Crippen LogP contribution < -0.4 is 15.9 Å². The Morgan fingerprint density at radius 2 is 1.55 bits per heavy atom. The van der Waals surface area contributed by atoms with Crippen molar-refractivity contribution in [3.63, 3.8) is 0 Å². The number of hydrogen-bond donors (Lipinski definition) is 3. The Morgan fingerprint density at radius 1 is 1.02 bits per heavy atom. The molecule has 40 heavy (non-hydrogen) atoms. The van der Waals surface area contributed by atoms with Crippen LogP contribution in [0.2, 0.25) is 0 Å². The molecule has 6 atom stereocenters. The number of nitrogens with one attached hydrogen (secondary N) is 2. The van der Waals surface area contributed by atoms with E-state index in [2.05, 4.69) is 19.6 Å². The van der Waals surface area contributed by atoms with Crippen LogP contribution in [0.1, 0.15) is 34.1 Å². The summed E-state index contributed by atoms with van der Waals surface area (Å²) in [5.41, 5.74) is 5.65. The largest absolute Gasteiger partial charge is 0.468 e. The van der Waals surface area contributed by atoms with Crippen LogP contribution in [0.5, 0.6) is 0 Å². The van der Waals surface area contributed by atoms with E-state index < -0.39 is 80.7 Å². The number of methoxy groups -OCH3 is 2. The summed E-state index contributed by atoms with van der Waals surface area (Å²) in [6.07, 6.45) is 0.0852. The van der Waals surface area contributed by atoms with Gasteiger partial charge in [0.1, 0.15) is 18.2 Å². The van der Waals surface area contributed by atoms with E-state index in [1.54, 1.807) is 12.3 Å². The fourth-order valence-corrected chi connectivity index (χ4v) is 5.70. The Balaban J connectivity index is 2.39. The van der Waals surface area contributed by atoms with Crippen LogP contribution in [0, 0.1) is 0 Å². The van der Waals surface area contributed by atoms with Gasteiger partial charge in [-0.15, -0.1) is 0 Å². The van der Waals surface area contributed by atoms with Crippen LogP contribution in [0.3, 0.4) is 0 Å². The number of hydrogen-bond acceptors (Lipinski definition) is 13. The summed E-state index contributed by atoms with van der Waals surface area (Å²) in [5.74, 6) is -3.67.